The fourth-order valence-corrected chi connectivity index (χ4v) is 3.19. The number of hydrogen-bond donors (Lipinski definition) is 3. The molecule has 22 heavy (non-hydrogen) atoms. The molecular formula is C15H29N3O4. The highest BCUT2D eigenvalue weighted by molar-refractivity contribution is 5.74. The van der Waals surface area contributed by atoms with Gasteiger partial charge in [0.25, 0.3) is 0 Å². The van der Waals surface area contributed by atoms with Crippen molar-refractivity contribution in [2.24, 2.45) is 0 Å². The number of likely N-dealkylation sites (tertiary alicyclic amines) is 1. The number of nitrogens with one attached hydrogen (secondary N) is 2. The van der Waals surface area contributed by atoms with Crippen molar-refractivity contribution in [1.82, 2.24) is 15.5 Å². The summed E-state index contributed by atoms with van der Waals surface area (Å²) in [5.41, 5.74) is 0. The Hall–Kier alpha value is -0.890. The standard InChI is InChI=1S/C15H29N3O4/c1-10(2)16-15(20)17-12-9-22-13(14(12)19)7-18-6-4-5-11(18)8-21-3/h10-14,19H,4-9H2,1-3H3,(H2,16,17,20)/t11-,12+,13+,14-/m1/s1. The maximum Gasteiger partial charge on any atom is 0.315 e. The lowest BCUT2D eigenvalue weighted by Gasteiger charge is -2.28. The molecule has 2 aliphatic rings. The van der Waals surface area contributed by atoms with Crippen molar-refractivity contribution in [3.05, 3.63) is 0 Å². The zero-order valence-corrected chi connectivity index (χ0v) is 13.7. The summed E-state index contributed by atoms with van der Waals surface area (Å²) in [6.45, 7) is 6.54. The number of carbonyl (C=O) groups excluding carboxylic acids is 1. The molecule has 3 N–H and O–H groups in total. The minimum Gasteiger partial charge on any atom is -0.388 e. The van der Waals surface area contributed by atoms with E-state index in [-0.39, 0.29) is 24.2 Å². The van der Waals surface area contributed by atoms with Crippen LogP contribution in [0.4, 0.5) is 4.79 Å². The molecule has 0 aromatic rings. The first-order valence-electron chi connectivity index (χ1n) is 8.11. The van der Waals surface area contributed by atoms with Crippen LogP contribution in [0.5, 0.6) is 0 Å². The number of aliphatic hydroxyl groups excluding tert-OH is 1. The van der Waals surface area contributed by atoms with Gasteiger partial charge in [-0.2, -0.15) is 0 Å². The quantitative estimate of drug-likeness (QED) is 0.639. The number of urea groups is 1. The Morgan fingerprint density at radius 3 is 2.95 bits per heavy atom. The predicted octanol–water partition coefficient (Wildman–Crippen LogP) is -0.0669. The van der Waals surface area contributed by atoms with E-state index in [0.29, 0.717) is 25.8 Å². The van der Waals surface area contributed by atoms with E-state index < -0.39 is 6.10 Å². The maximum atomic E-state index is 11.7. The molecule has 0 aromatic carbocycles. The summed E-state index contributed by atoms with van der Waals surface area (Å²) in [6.07, 6.45) is 1.33. The highest BCUT2D eigenvalue weighted by Gasteiger charge is 2.39. The maximum absolute atomic E-state index is 11.7. The van der Waals surface area contributed by atoms with Gasteiger partial charge in [-0.15, -0.1) is 0 Å². The van der Waals surface area contributed by atoms with Gasteiger partial charge in [-0.1, -0.05) is 0 Å². The van der Waals surface area contributed by atoms with Crippen LogP contribution in [0.15, 0.2) is 0 Å². The second kappa shape index (κ2) is 8.10. The van der Waals surface area contributed by atoms with E-state index in [0.717, 1.165) is 19.4 Å². The van der Waals surface area contributed by atoms with E-state index in [1.165, 1.54) is 0 Å². The second-order valence-corrected chi connectivity index (χ2v) is 6.49. The second-order valence-electron chi connectivity index (χ2n) is 6.49. The molecule has 0 saturated carbocycles. The highest BCUT2D eigenvalue weighted by Crippen LogP contribution is 2.22. The third kappa shape index (κ3) is 4.55. The van der Waals surface area contributed by atoms with E-state index in [1.54, 1.807) is 7.11 Å². The van der Waals surface area contributed by atoms with Crippen molar-refractivity contribution >= 4 is 6.03 Å². The summed E-state index contributed by atoms with van der Waals surface area (Å²) in [5.74, 6) is 0. The number of rotatable bonds is 6. The average Bonchev–Trinajstić information content (AvgIpc) is 3.00. The molecule has 0 spiro atoms. The molecule has 2 amide bonds. The van der Waals surface area contributed by atoms with Gasteiger partial charge in [-0.25, -0.2) is 4.79 Å². The van der Waals surface area contributed by atoms with Gasteiger partial charge in [0.15, 0.2) is 0 Å². The SMILES string of the molecule is COC[C@H]1CCCN1C[C@@H]1OC[C@H](NC(=O)NC(C)C)[C@H]1O. The zero-order chi connectivity index (χ0) is 16.1. The fraction of sp³-hybridized carbons (Fsp3) is 0.933. The number of nitrogens with zero attached hydrogens (tertiary/aromatic N) is 1. The van der Waals surface area contributed by atoms with E-state index in [1.807, 2.05) is 13.8 Å². The van der Waals surface area contributed by atoms with Crippen molar-refractivity contribution < 1.29 is 19.4 Å². The number of methoxy groups -OCH3 is 1. The molecule has 2 aliphatic heterocycles. The van der Waals surface area contributed by atoms with Gasteiger partial charge in [0.05, 0.1) is 25.4 Å². The molecular weight excluding hydrogens is 286 g/mol. The normalized spacial score (nSPS) is 32.6. The first kappa shape index (κ1) is 17.5. The molecule has 2 fully saturated rings. The van der Waals surface area contributed by atoms with Gasteiger partial charge in [0.1, 0.15) is 6.10 Å². The largest absolute Gasteiger partial charge is 0.388 e. The van der Waals surface area contributed by atoms with Crippen LogP contribution in [0.25, 0.3) is 0 Å². The van der Waals surface area contributed by atoms with Crippen molar-refractivity contribution in [1.29, 1.82) is 0 Å². The van der Waals surface area contributed by atoms with E-state index in [4.69, 9.17) is 9.47 Å². The molecule has 7 nitrogen and oxygen atoms in total. The number of hydrogen-bond acceptors (Lipinski definition) is 5. The van der Waals surface area contributed by atoms with Crippen LogP contribution in [0.2, 0.25) is 0 Å². The van der Waals surface area contributed by atoms with Gasteiger partial charge >= 0.3 is 6.03 Å². The smallest absolute Gasteiger partial charge is 0.315 e. The Bertz CT molecular complexity index is 367. The molecule has 0 radical (unpaired) electrons. The first-order chi connectivity index (χ1) is 10.5. The minimum absolute atomic E-state index is 0.0645. The lowest BCUT2D eigenvalue weighted by atomic mass is 10.1. The van der Waals surface area contributed by atoms with E-state index in [2.05, 4.69) is 15.5 Å². The lowest BCUT2D eigenvalue weighted by molar-refractivity contribution is 0.00469. The zero-order valence-electron chi connectivity index (χ0n) is 13.7. The first-order valence-corrected chi connectivity index (χ1v) is 8.11. The van der Waals surface area contributed by atoms with Gasteiger partial charge in [-0.3, -0.25) is 4.90 Å². The van der Waals surface area contributed by atoms with E-state index in [9.17, 15) is 9.90 Å². The molecule has 7 heteroatoms. The van der Waals surface area contributed by atoms with Crippen molar-refractivity contribution in [3.8, 4) is 0 Å². The van der Waals surface area contributed by atoms with Crippen LogP contribution in [-0.4, -0.2) is 79.8 Å². The van der Waals surface area contributed by atoms with Crippen LogP contribution in [-0.2, 0) is 9.47 Å². The Labute approximate surface area is 132 Å². The van der Waals surface area contributed by atoms with Crippen LogP contribution in [0, 0.1) is 0 Å². The molecule has 0 bridgehead atoms. The molecule has 0 aromatic heterocycles. The monoisotopic (exact) mass is 315 g/mol. The third-order valence-corrected chi connectivity index (χ3v) is 4.29. The molecule has 2 saturated heterocycles. The molecule has 128 valence electrons. The molecule has 4 atom stereocenters. The topological polar surface area (TPSA) is 83.1 Å². The van der Waals surface area contributed by atoms with Gasteiger partial charge in [0.2, 0.25) is 0 Å². The molecule has 2 rings (SSSR count). The molecule has 2 heterocycles. The van der Waals surface area contributed by atoms with Crippen molar-refractivity contribution in [2.75, 3.05) is 33.4 Å². The van der Waals surface area contributed by atoms with E-state index >= 15 is 0 Å². The van der Waals surface area contributed by atoms with Gasteiger partial charge < -0.3 is 25.2 Å². The Morgan fingerprint density at radius 1 is 1.50 bits per heavy atom. The predicted molar refractivity (Wildman–Crippen MR) is 82.8 cm³/mol. The van der Waals surface area contributed by atoms with Crippen LogP contribution in [0.1, 0.15) is 26.7 Å². The molecule has 0 aliphatic carbocycles. The number of carbonyl (C=O) groups is 1. The lowest BCUT2D eigenvalue weighted by Crippen LogP contribution is -2.51. The molecule has 0 unspecified atom stereocenters. The Balaban J connectivity index is 1.80. The Morgan fingerprint density at radius 2 is 2.27 bits per heavy atom. The fourth-order valence-electron chi connectivity index (χ4n) is 3.19. The van der Waals surface area contributed by atoms with Gasteiger partial charge in [-0.05, 0) is 33.2 Å². The summed E-state index contributed by atoms with van der Waals surface area (Å²) in [4.78, 5) is 14.0. The number of amides is 2. The summed E-state index contributed by atoms with van der Waals surface area (Å²) < 4.78 is 10.9. The number of ether oxygens (including phenoxy) is 2. The van der Waals surface area contributed by atoms with Crippen LogP contribution >= 0.6 is 0 Å². The summed E-state index contributed by atoms with van der Waals surface area (Å²) in [5, 5.41) is 15.9. The summed E-state index contributed by atoms with van der Waals surface area (Å²) in [7, 11) is 1.71. The van der Waals surface area contributed by atoms with Crippen molar-refractivity contribution in [3.63, 3.8) is 0 Å². The summed E-state index contributed by atoms with van der Waals surface area (Å²) in [6, 6.07) is -0.152. The average molecular weight is 315 g/mol. The van der Waals surface area contributed by atoms with Crippen LogP contribution in [0.3, 0.4) is 0 Å². The highest BCUT2D eigenvalue weighted by atomic mass is 16.5. The number of aliphatic hydroxyl groups is 1. The van der Waals surface area contributed by atoms with Crippen molar-refractivity contribution in [2.45, 2.75) is 57.0 Å². The third-order valence-electron chi connectivity index (χ3n) is 4.29. The minimum atomic E-state index is -0.679. The Kier molecular flexibility index (Phi) is 6.43. The summed E-state index contributed by atoms with van der Waals surface area (Å²) >= 11 is 0. The van der Waals surface area contributed by atoms with Crippen LogP contribution < -0.4 is 10.6 Å². The van der Waals surface area contributed by atoms with Gasteiger partial charge in [0, 0.05) is 25.7 Å².